The molecule has 0 bridgehead atoms. The highest BCUT2D eigenvalue weighted by Gasteiger charge is 2.01. The molecule has 1 heterocycles. The molecule has 84 valence electrons. The summed E-state index contributed by atoms with van der Waals surface area (Å²) in [4.78, 5) is 3.39. The summed E-state index contributed by atoms with van der Waals surface area (Å²) < 4.78 is 18.2. The van der Waals surface area contributed by atoms with Crippen molar-refractivity contribution in [3.8, 4) is 5.75 Å². The minimum absolute atomic E-state index is 0.0582. The summed E-state index contributed by atoms with van der Waals surface area (Å²) in [7, 11) is 0. The Morgan fingerprint density at radius 3 is 2.81 bits per heavy atom. The Kier molecular flexibility index (Phi) is 4.73. The first-order chi connectivity index (χ1) is 7.65. The molecule has 4 heteroatoms. The van der Waals surface area contributed by atoms with Crippen molar-refractivity contribution in [2.75, 3.05) is 6.61 Å². The first kappa shape index (κ1) is 12.5. The van der Waals surface area contributed by atoms with E-state index in [0.717, 1.165) is 5.57 Å². The zero-order chi connectivity index (χ0) is 12.0. The second-order valence-corrected chi connectivity index (χ2v) is 3.31. The van der Waals surface area contributed by atoms with Crippen molar-refractivity contribution in [2.24, 2.45) is 0 Å². The van der Waals surface area contributed by atoms with Gasteiger partial charge in [-0.2, -0.15) is 4.39 Å². The molecule has 0 fully saturated rings. The molecule has 0 amide bonds. The van der Waals surface area contributed by atoms with Crippen LogP contribution in [-0.4, -0.2) is 11.6 Å². The van der Waals surface area contributed by atoms with Gasteiger partial charge in [0.2, 0.25) is 5.95 Å². The maximum atomic E-state index is 12.9. The van der Waals surface area contributed by atoms with E-state index in [0.29, 0.717) is 5.75 Å². The van der Waals surface area contributed by atoms with E-state index in [-0.39, 0.29) is 11.8 Å². The minimum Gasteiger partial charge on any atom is -0.489 e. The number of pyridine rings is 1. The standard InChI is InChI=1S/C12H11ClFNO/c1-3-5-9(4-2)8-16-10-6-11(13)15-12(14)7-10/h3-7H,1-2,8H2/b9-5+. The first-order valence-corrected chi connectivity index (χ1v) is 4.93. The molecule has 1 aromatic heterocycles. The highest BCUT2D eigenvalue weighted by atomic mass is 35.5. The van der Waals surface area contributed by atoms with Crippen LogP contribution in [0.1, 0.15) is 0 Å². The van der Waals surface area contributed by atoms with Crippen LogP contribution >= 0.6 is 11.6 Å². The molecule has 16 heavy (non-hydrogen) atoms. The zero-order valence-electron chi connectivity index (χ0n) is 8.62. The van der Waals surface area contributed by atoms with Crippen LogP contribution in [0.2, 0.25) is 5.15 Å². The van der Waals surface area contributed by atoms with Crippen molar-refractivity contribution in [1.82, 2.24) is 4.98 Å². The van der Waals surface area contributed by atoms with Crippen molar-refractivity contribution in [3.05, 3.63) is 60.2 Å². The highest BCUT2D eigenvalue weighted by molar-refractivity contribution is 6.29. The van der Waals surface area contributed by atoms with Gasteiger partial charge in [0.1, 0.15) is 17.5 Å². The highest BCUT2D eigenvalue weighted by Crippen LogP contribution is 2.17. The summed E-state index contributed by atoms with van der Waals surface area (Å²) in [6, 6.07) is 2.61. The molecule has 0 atom stereocenters. The number of rotatable bonds is 5. The third-order valence-electron chi connectivity index (χ3n) is 1.74. The monoisotopic (exact) mass is 239 g/mol. The maximum absolute atomic E-state index is 12.9. The Labute approximate surface area is 98.7 Å². The topological polar surface area (TPSA) is 22.1 Å². The lowest BCUT2D eigenvalue weighted by atomic mass is 10.2. The zero-order valence-corrected chi connectivity index (χ0v) is 9.38. The molecule has 1 rings (SSSR count). The van der Waals surface area contributed by atoms with Gasteiger partial charge >= 0.3 is 0 Å². The van der Waals surface area contributed by atoms with E-state index in [4.69, 9.17) is 16.3 Å². The molecule has 0 aromatic carbocycles. The second-order valence-electron chi connectivity index (χ2n) is 2.92. The molecule has 0 unspecified atom stereocenters. The third-order valence-corrected chi connectivity index (χ3v) is 1.93. The van der Waals surface area contributed by atoms with Crippen LogP contribution in [0.5, 0.6) is 5.75 Å². The van der Waals surface area contributed by atoms with E-state index in [9.17, 15) is 4.39 Å². The summed E-state index contributed by atoms with van der Waals surface area (Å²) in [5.74, 6) is -0.343. The minimum atomic E-state index is -0.671. The Balaban J connectivity index is 2.70. The lowest BCUT2D eigenvalue weighted by Gasteiger charge is -2.06. The van der Waals surface area contributed by atoms with E-state index in [1.165, 1.54) is 12.1 Å². The molecule has 0 radical (unpaired) electrons. The van der Waals surface area contributed by atoms with Crippen molar-refractivity contribution < 1.29 is 9.13 Å². The summed E-state index contributed by atoms with van der Waals surface area (Å²) in [6.45, 7) is 7.45. The number of nitrogens with zero attached hydrogens (tertiary/aromatic N) is 1. The average Bonchev–Trinajstić information content (AvgIpc) is 2.23. The molecule has 0 aliphatic heterocycles. The van der Waals surface area contributed by atoms with Gasteiger partial charge in [0.15, 0.2) is 0 Å². The average molecular weight is 240 g/mol. The number of hydrogen-bond acceptors (Lipinski definition) is 2. The summed E-state index contributed by atoms with van der Waals surface area (Å²) in [5.41, 5.74) is 0.836. The fraction of sp³-hybridized carbons (Fsp3) is 0.0833. The molecule has 0 saturated heterocycles. The van der Waals surface area contributed by atoms with Gasteiger partial charge in [-0.3, -0.25) is 0 Å². The van der Waals surface area contributed by atoms with Crippen molar-refractivity contribution in [1.29, 1.82) is 0 Å². The molecule has 0 aliphatic carbocycles. The molecular formula is C12H11ClFNO. The first-order valence-electron chi connectivity index (χ1n) is 4.55. The second kappa shape index (κ2) is 6.08. The van der Waals surface area contributed by atoms with Crippen LogP contribution in [0.3, 0.4) is 0 Å². The summed E-state index contributed by atoms with van der Waals surface area (Å²) in [6.07, 6.45) is 5.02. The van der Waals surface area contributed by atoms with Gasteiger partial charge in [0.25, 0.3) is 0 Å². The fourth-order valence-corrected chi connectivity index (χ4v) is 1.21. The molecule has 0 N–H and O–H groups in total. The Bertz CT molecular complexity index is 409. The summed E-state index contributed by atoms with van der Waals surface area (Å²) in [5, 5.41) is 0.0582. The number of halogens is 2. The van der Waals surface area contributed by atoms with Crippen LogP contribution in [0, 0.1) is 5.95 Å². The van der Waals surface area contributed by atoms with E-state index in [1.807, 2.05) is 0 Å². The largest absolute Gasteiger partial charge is 0.489 e. The van der Waals surface area contributed by atoms with E-state index in [2.05, 4.69) is 18.1 Å². The molecule has 1 aromatic rings. The number of hydrogen-bond donors (Lipinski definition) is 0. The van der Waals surface area contributed by atoms with Crippen molar-refractivity contribution in [3.63, 3.8) is 0 Å². The number of ether oxygens (including phenoxy) is 1. The van der Waals surface area contributed by atoms with Gasteiger partial charge in [-0.05, 0) is 5.57 Å². The Morgan fingerprint density at radius 1 is 1.50 bits per heavy atom. The van der Waals surface area contributed by atoms with Gasteiger partial charge in [0.05, 0.1) is 0 Å². The van der Waals surface area contributed by atoms with Crippen molar-refractivity contribution in [2.45, 2.75) is 0 Å². The molecular weight excluding hydrogens is 229 g/mol. The molecule has 0 spiro atoms. The fourth-order valence-electron chi connectivity index (χ4n) is 1.02. The van der Waals surface area contributed by atoms with Crippen LogP contribution in [0.25, 0.3) is 0 Å². The lowest BCUT2D eigenvalue weighted by Crippen LogP contribution is -2.00. The predicted molar refractivity (Wildman–Crippen MR) is 63.2 cm³/mol. The van der Waals surface area contributed by atoms with E-state index < -0.39 is 5.95 Å². The van der Waals surface area contributed by atoms with Gasteiger partial charge < -0.3 is 4.74 Å². The van der Waals surface area contributed by atoms with Crippen LogP contribution in [-0.2, 0) is 0 Å². The van der Waals surface area contributed by atoms with Crippen LogP contribution in [0.15, 0.2) is 49.1 Å². The lowest BCUT2D eigenvalue weighted by molar-refractivity contribution is 0.352. The number of allylic oxidation sites excluding steroid dienone is 2. The van der Waals surface area contributed by atoms with Gasteiger partial charge in [-0.25, -0.2) is 4.98 Å². The Morgan fingerprint density at radius 2 is 2.25 bits per heavy atom. The quantitative estimate of drug-likeness (QED) is 0.579. The molecule has 0 aliphatic rings. The van der Waals surface area contributed by atoms with Gasteiger partial charge in [-0.1, -0.05) is 43.0 Å². The van der Waals surface area contributed by atoms with E-state index >= 15 is 0 Å². The third kappa shape index (κ3) is 3.87. The Hall–Kier alpha value is -1.61. The van der Waals surface area contributed by atoms with Crippen molar-refractivity contribution >= 4 is 11.6 Å². The SMILES string of the molecule is C=C/C=C(\C=C)COc1cc(F)nc(Cl)c1. The smallest absolute Gasteiger partial charge is 0.217 e. The van der Waals surface area contributed by atoms with Gasteiger partial charge in [0, 0.05) is 12.1 Å². The molecule has 2 nitrogen and oxygen atoms in total. The molecule has 0 saturated carbocycles. The predicted octanol–water partition coefficient (Wildman–Crippen LogP) is 3.55. The normalized spacial score (nSPS) is 11.0. The van der Waals surface area contributed by atoms with Gasteiger partial charge in [-0.15, -0.1) is 0 Å². The number of aromatic nitrogens is 1. The van der Waals surface area contributed by atoms with E-state index in [1.54, 1.807) is 18.2 Å². The maximum Gasteiger partial charge on any atom is 0.217 e. The summed E-state index contributed by atoms with van der Waals surface area (Å²) >= 11 is 5.58. The van der Waals surface area contributed by atoms with Crippen LogP contribution in [0.4, 0.5) is 4.39 Å². The van der Waals surface area contributed by atoms with Crippen LogP contribution < -0.4 is 4.74 Å².